The van der Waals surface area contributed by atoms with Crippen molar-refractivity contribution in [3.63, 3.8) is 0 Å². The van der Waals surface area contributed by atoms with Gasteiger partial charge in [0.05, 0.1) is 16.6 Å². The first kappa shape index (κ1) is 18.8. The van der Waals surface area contributed by atoms with Crippen LogP contribution in [0.3, 0.4) is 0 Å². The summed E-state index contributed by atoms with van der Waals surface area (Å²) in [6.45, 7) is 5.28. The number of hydrogen-bond acceptors (Lipinski definition) is 3. The minimum absolute atomic E-state index is 0.0249. The van der Waals surface area contributed by atoms with Crippen LogP contribution in [-0.2, 0) is 9.59 Å². The van der Waals surface area contributed by atoms with Gasteiger partial charge in [-0.15, -0.1) is 0 Å². The molecule has 2 fully saturated rings. The summed E-state index contributed by atoms with van der Waals surface area (Å²) in [5.74, 6) is -0.153. The highest BCUT2D eigenvalue weighted by molar-refractivity contribution is 6.33. The van der Waals surface area contributed by atoms with E-state index in [1.54, 1.807) is 4.90 Å². The molecule has 0 unspecified atom stereocenters. The number of carbonyl (C=O) groups is 2. The van der Waals surface area contributed by atoms with E-state index in [1.807, 2.05) is 60.4 Å². The summed E-state index contributed by atoms with van der Waals surface area (Å²) < 4.78 is 0. The average Bonchev–Trinajstić information content (AvgIpc) is 3.10. The van der Waals surface area contributed by atoms with E-state index in [0.717, 1.165) is 35.1 Å². The van der Waals surface area contributed by atoms with Crippen LogP contribution in [0.4, 0.5) is 11.4 Å². The third kappa shape index (κ3) is 3.72. The molecule has 28 heavy (non-hydrogen) atoms. The summed E-state index contributed by atoms with van der Waals surface area (Å²) in [4.78, 5) is 31.3. The zero-order chi connectivity index (χ0) is 19.7. The number of amides is 2. The first-order valence-corrected chi connectivity index (χ1v) is 10.1. The van der Waals surface area contributed by atoms with Gasteiger partial charge in [0.15, 0.2) is 0 Å². The molecule has 0 aliphatic carbocycles. The van der Waals surface area contributed by atoms with Crippen LogP contribution >= 0.6 is 11.6 Å². The van der Waals surface area contributed by atoms with E-state index in [4.69, 9.17) is 11.6 Å². The third-order valence-corrected chi connectivity index (χ3v) is 5.92. The summed E-state index contributed by atoms with van der Waals surface area (Å²) >= 11 is 6.29. The van der Waals surface area contributed by atoms with Crippen LogP contribution in [0.2, 0.25) is 5.02 Å². The molecule has 5 nitrogen and oxygen atoms in total. The number of carbonyl (C=O) groups excluding carboxylic acids is 2. The summed E-state index contributed by atoms with van der Waals surface area (Å²) in [5, 5.41) is 0.734. The van der Waals surface area contributed by atoms with Crippen molar-refractivity contribution in [1.82, 2.24) is 4.90 Å². The molecule has 0 saturated carbocycles. The summed E-state index contributed by atoms with van der Waals surface area (Å²) in [6, 6.07) is 15.7. The Labute approximate surface area is 170 Å². The van der Waals surface area contributed by atoms with Gasteiger partial charge in [-0.2, -0.15) is 0 Å². The monoisotopic (exact) mass is 397 g/mol. The van der Waals surface area contributed by atoms with Gasteiger partial charge in [0.2, 0.25) is 11.8 Å². The Bertz CT molecular complexity index is 876. The fraction of sp³-hybridized carbons (Fsp3) is 0.364. The number of aryl methyl sites for hydroxylation is 1. The molecule has 2 aromatic carbocycles. The number of rotatable bonds is 3. The fourth-order valence-electron chi connectivity index (χ4n) is 3.98. The van der Waals surface area contributed by atoms with Gasteiger partial charge in [-0.25, -0.2) is 0 Å². The van der Waals surface area contributed by atoms with Gasteiger partial charge in [-0.3, -0.25) is 9.59 Å². The Morgan fingerprint density at radius 1 is 1.00 bits per heavy atom. The lowest BCUT2D eigenvalue weighted by molar-refractivity contribution is -0.136. The second-order valence-corrected chi connectivity index (χ2v) is 7.91. The summed E-state index contributed by atoms with van der Waals surface area (Å²) in [6.07, 6.45) is 0.289. The smallest absolute Gasteiger partial charge is 0.228 e. The molecule has 4 rings (SSSR count). The van der Waals surface area contributed by atoms with E-state index < -0.39 is 0 Å². The zero-order valence-corrected chi connectivity index (χ0v) is 16.7. The highest BCUT2D eigenvalue weighted by Gasteiger charge is 2.38. The first-order chi connectivity index (χ1) is 13.5. The van der Waals surface area contributed by atoms with Crippen molar-refractivity contribution >= 4 is 34.8 Å². The number of anilines is 2. The van der Waals surface area contributed by atoms with Gasteiger partial charge in [-0.05, 0) is 31.2 Å². The minimum atomic E-state index is -0.263. The second-order valence-electron chi connectivity index (χ2n) is 7.50. The predicted molar refractivity (Wildman–Crippen MR) is 112 cm³/mol. The Kier molecular flexibility index (Phi) is 5.27. The van der Waals surface area contributed by atoms with Gasteiger partial charge < -0.3 is 14.7 Å². The van der Waals surface area contributed by atoms with Crippen LogP contribution in [-0.4, -0.2) is 49.4 Å². The molecule has 2 aliphatic heterocycles. The number of hydrogen-bond donors (Lipinski definition) is 0. The summed E-state index contributed by atoms with van der Waals surface area (Å²) in [7, 11) is 0. The van der Waals surface area contributed by atoms with E-state index in [2.05, 4.69) is 4.90 Å². The lowest BCUT2D eigenvalue weighted by Crippen LogP contribution is -2.50. The minimum Gasteiger partial charge on any atom is -0.367 e. The van der Waals surface area contributed by atoms with Gasteiger partial charge in [0, 0.05) is 44.8 Å². The second kappa shape index (κ2) is 7.84. The Hall–Kier alpha value is -2.53. The van der Waals surface area contributed by atoms with Crippen molar-refractivity contribution in [3.8, 4) is 0 Å². The Morgan fingerprint density at radius 3 is 2.36 bits per heavy atom. The molecule has 0 spiro atoms. The molecule has 6 heteroatoms. The molecular weight excluding hydrogens is 374 g/mol. The van der Waals surface area contributed by atoms with Crippen LogP contribution in [0, 0.1) is 12.8 Å². The lowest BCUT2D eigenvalue weighted by Gasteiger charge is -2.37. The quantitative estimate of drug-likeness (QED) is 0.797. The normalized spacial score (nSPS) is 20.0. The number of halogens is 1. The number of piperazine rings is 1. The standard InChI is InChI=1S/C22H24ClN3O2/c1-16-6-8-18(9-7-16)26-15-17(14-21(26)27)22(28)25-12-10-24(11-13-25)20-5-3-2-4-19(20)23/h2-9,17H,10-15H2,1H3/t17-/m0/s1. The van der Waals surface area contributed by atoms with Gasteiger partial charge in [0.1, 0.15) is 0 Å². The molecule has 2 aromatic rings. The highest BCUT2D eigenvalue weighted by atomic mass is 35.5. The van der Waals surface area contributed by atoms with Gasteiger partial charge in [0.25, 0.3) is 0 Å². The molecular formula is C22H24ClN3O2. The number of para-hydroxylation sites is 1. The van der Waals surface area contributed by atoms with E-state index >= 15 is 0 Å². The fourth-order valence-corrected chi connectivity index (χ4v) is 4.24. The highest BCUT2D eigenvalue weighted by Crippen LogP contribution is 2.29. The molecule has 0 bridgehead atoms. The van der Waals surface area contributed by atoms with Crippen molar-refractivity contribution in [2.24, 2.45) is 5.92 Å². The maximum atomic E-state index is 13.0. The van der Waals surface area contributed by atoms with Crippen molar-refractivity contribution in [1.29, 1.82) is 0 Å². The maximum Gasteiger partial charge on any atom is 0.228 e. The van der Waals surface area contributed by atoms with Crippen LogP contribution < -0.4 is 9.80 Å². The van der Waals surface area contributed by atoms with Gasteiger partial charge in [-0.1, -0.05) is 41.4 Å². The third-order valence-electron chi connectivity index (χ3n) is 5.60. The molecule has 2 saturated heterocycles. The largest absolute Gasteiger partial charge is 0.367 e. The first-order valence-electron chi connectivity index (χ1n) is 9.68. The molecule has 2 heterocycles. The van der Waals surface area contributed by atoms with Crippen LogP contribution in [0.25, 0.3) is 0 Å². The van der Waals surface area contributed by atoms with E-state index in [9.17, 15) is 9.59 Å². The SMILES string of the molecule is Cc1ccc(N2C[C@@H](C(=O)N3CCN(c4ccccc4Cl)CC3)CC2=O)cc1. The molecule has 0 radical (unpaired) electrons. The van der Waals surface area contributed by atoms with Crippen LogP contribution in [0.1, 0.15) is 12.0 Å². The van der Waals surface area contributed by atoms with Gasteiger partial charge >= 0.3 is 0 Å². The Morgan fingerprint density at radius 2 is 1.68 bits per heavy atom. The van der Waals surface area contributed by atoms with Crippen molar-refractivity contribution < 1.29 is 9.59 Å². The molecule has 0 aromatic heterocycles. The van der Waals surface area contributed by atoms with Crippen molar-refractivity contribution in [2.75, 3.05) is 42.5 Å². The molecule has 2 aliphatic rings. The van der Waals surface area contributed by atoms with E-state index in [1.165, 1.54) is 0 Å². The Balaban J connectivity index is 1.37. The summed E-state index contributed by atoms with van der Waals surface area (Å²) in [5.41, 5.74) is 3.03. The predicted octanol–water partition coefficient (Wildman–Crippen LogP) is 3.35. The molecule has 1 atom stereocenters. The van der Waals surface area contributed by atoms with Crippen molar-refractivity contribution in [2.45, 2.75) is 13.3 Å². The van der Waals surface area contributed by atoms with E-state index in [0.29, 0.717) is 19.6 Å². The average molecular weight is 398 g/mol. The van der Waals surface area contributed by atoms with Crippen LogP contribution in [0.5, 0.6) is 0 Å². The molecule has 146 valence electrons. The topological polar surface area (TPSA) is 43.9 Å². The van der Waals surface area contributed by atoms with Crippen LogP contribution in [0.15, 0.2) is 48.5 Å². The van der Waals surface area contributed by atoms with Crippen molar-refractivity contribution in [3.05, 3.63) is 59.1 Å². The lowest BCUT2D eigenvalue weighted by atomic mass is 10.1. The molecule has 0 N–H and O–H groups in total. The van der Waals surface area contributed by atoms with E-state index in [-0.39, 0.29) is 24.2 Å². The number of nitrogens with zero attached hydrogens (tertiary/aromatic N) is 3. The number of benzene rings is 2. The maximum absolute atomic E-state index is 13.0. The zero-order valence-electron chi connectivity index (χ0n) is 16.0. The molecule has 2 amide bonds.